The van der Waals surface area contributed by atoms with E-state index >= 15 is 0 Å². The van der Waals surface area contributed by atoms with Crippen molar-refractivity contribution in [2.45, 2.75) is 25.3 Å². The lowest BCUT2D eigenvalue weighted by Crippen LogP contribution is -2.21. The lowest BCUT2D eigenvalue weighted by atomic mass is 9.95. The third-order valence-corrected chi connectivity index (χ3v) is 3.23. The molecule has 1 aromatic heterocycles. The highest BCUT2D eigenvalue weighted by Crippen LogP contribution is 2.28. The molecule has 0 spiro atoms. The number of rotatable bonds is 1. The Hall–Kier alpha value is -0.600. The molecule has 0 saturated carbocycles. The standard InChI is InChI=1S/C10H13NS/c11-9-5-3-8(4-6-9)10-2-1-7-12-10/h1-3,7,9H,4-6,11H2. The molecule has 1 aromatic rings. The number of nitrogens with two attached hydrogens (primary N) is 1. The minimum Gasteiger partial charge on any atom is -0.327 e. The highest BCUT2D eigenvalue weighted by Gasteiger charge is 2.11. The molecule has 2 N–H and O–H groups in total. The molecule has 1 aliphatic rings. The van der Waals surface area contributed by atoms with Crippen molar-refractivity contribution in [2.24, 2.45) is 5.73 Å². The molecule has 64 valence electrons. The summed E-state index contributed by atoms with van der Waals surface area (Å²) in [5, 5.41) is 2.13. The maximum absolute atomic E-state index is 5.81. The van der Waals surface area contributed by atoms with Crippen LogP contribution in [0.1, 0.15) is 24.1 Å². The average Bonchev–Trinajstić information content (AvgIpc) is 2.58. The van der Waals surface area contributed by atoms with Crippen LogP contribution in [0.15, 0.2) is 23.6 Å². The second kappa shape index (κ2) is 3.42. The summed E-state index contributed by atoms with van der Waals surface area (Å²) in [5.74, 6) is 0. The summed E-state index contributed by atoms with van der Waals surface area (Å²) in [6, 6.07) is 4.69. The number of thiophene rings is 1. The van der Waals surface area contributed by atoms with Crippen LogP contribution in [0.4, 0.5) is 0 Å². The first-order valence-corrected chi connectivity index (χ1v) is 5.23. The van der Waals surface area contributed by atoms with Crippen LogP contribution < -0.4 is 5.73 Å². The molecular weight excluding hydrogens is 166 g/mol. The number of allylic oxidation sites excluding steroid dienone is 1. The predicted molar refractivity (Wildman–Crippen MR) is 54.1 cm³/mol. The van der Waals surface area contributed by atoms with E-state index in [9.17, 15) is 0 Å². The molecule has 1 heterocycles. The molecule has 0 bridgehead atoms. The first-order chi connectivity index (χ1) is 5.86. The van der Waals surface area contributed by atoms with Crippen molar-refractivity contribution in [2.75, 3.05) is 0 Å². The molecule has 2 heteroatoms. The minimum atomic E-state index is 0.397. The third-order valence-electron chi connectivity index (χ3n) is 2.29. The van der Waals surface area contributed by atoms with Crippen molar-refractivity contribution in [3.63, 3.8) is 0 Å². The molecule has 1 aliphatic carbocycles. The van der Waals surface area contributed by atoms with Crippen molar-refractivity contribution in [3.05, 3.63) is 28.5 Å². The highest BCUT2D eigenvalue weighted by molar-refractivity contribution is 7.11. The van der Waals surface area contributed by atoms with E-state index in [0.717, 1.165) is 19.3 Å². The molecule has 1 nitrogen and oxygen atoms in total. The topological polar surface area (TPSA) is 26.0 Å². The molecule has 0 amide bonds. The monoisotopic (exact) mass is 179 g/mol. The number of hydrogen-bond acceptors (Lipinski definition) is 2. The van der Waals surface area contributed by atoms with Gasteiger partial charge in [-0.2, -0.15) is 0 Å². The zero-order valence-corrected chi connectivity index (χ0v) is 7.81. The Labute approximate surface area is 76.9 Å². The van der Waals surface area contributed by atoms with Crippen molar-refractivity contribution < 1.29 is 0 Å². The van der Waals surface area contributed by atoms with Gasteiger partial charge in [-0.05, 0) is 36.3 Å². The normalized spacial score (nSPS) is 23.8. The molecule has 0 aromatic carbocycles. The Bertz CT molecular complexity index is 274. The van der Waals surface area contributed by atoms with Crippen LogP contribution in [0.25, 0.3) is 5.57 Å². The van der Waals surface area contributed by atoms with Crippen LogP contribution in [-0.2, 0) is 0 Å². The Balaban J connectivity index is 2.16. The molecule has 0 fully saturated rings. The maximum Gasteiger partial charge on any atom is 0.0299 e. The van der Waals surface area contributed by atoms with Gasteiger partial charge < -0.3 is 5.73 Å². The Morgan fingerprint density at radius 2 is 2.42 bits per heavy atom. The largest absolute Gasteiger partial charge is 0.327 e. The van der Waals surface area contributed by atoms with Gasteiger partial charge in [0.05, 0.1) is 0 Å². The van der Waals surface area contributed by atoms with Crippen LogP contribution in [0.5, 0.6) is 0 Å². The van der Waals surface area contributed by atoms with Gasteiger partial charge in [0.1, 0.15) is 0 Å². The van der Waals surface area contributed by atoms with Crippen LogP contribution in [0, 0.1) is 0 Å². The average molecular weight is 179 g/mol. The van der Waals surface area contributed by atoms with E-state index in [2.05, 4.69) is 23.6 Å². The van der Waals surface area contributed by atoms with E-state index in [-0.39, 0.29) is 0 Å². The number of hydrogen-bond donors (Lipinski definition) is 1. The van der Waals surface area contributed by atoms with Crippen LogP contribution >= 0.6 is 11.3 Å². The fourth-order valence-electron chi connectivity index (χ4n) is 1.54. The highest BCUT2D eigenvalue weighted by atomic mass is 32.1. The second-order valence-corrected chi connectivity index (χ2v) is 4.19. The molecule has 0 aliphatic heterocycles. The van der Waals surface area contributed by atoms with Crippen LogP contribution in [-0.4, -0.2) is 6.04 Å². The van der Waals surface area contributed by atoms with Crippen LogP contribution in [0.2, 0.25) is 0 Å². The summed E-state index contributed by atoms with van der Waals surface area (Å²) in [4.78, 5) is 1.42. The van der Waals surface area contributed by atoms with Crippen LogP contribution in [0.3, 0.4) is 0 Å². The van der Waals surface area contributed by atoms with E-state index in [1.165, 1.54) is 10.5 Å². The van der Waals surface area contributed by atoms with Gasteiger partial charge in [0.15, 0.2) is 0 Å². The fraction of sp³-hybridized carbons (Fsp3) is 0.400. The third kappa shape index (κ3) is 1.59. The van der Waals surface area contributed by atoms with Crippen molar-refractivity contribution in [1.82, 2.24) is 0 Å². The summed E-state index contributed by atoms with van der Waals surface area (Å²) in [5.41, 5.74) is 7.30. The second-order valence-electron chi connectivity index (χ2n) is 3.24. The molecule has 1 unspecified atom stereocenters. The molecule has 0 saturated heterocycles. The Kier molecular flexibility index (Phi) is 2.28. The van der Waals surface area contributed by atoms with Gasteiger partial charge in [-0.25, -0.2) is 0 Å². The van der Waals surface area contributed by atoms with Gasteiger partial charge in [-0.1, -0.05) is 12.1 Å². The van der Waals surface area contributed by atoms with Crippen molar-refractivity contribution >= 4 is 16.9 Å². The molecular formula is C10H13NS. The first kappa shape index (κ1) is 8.02. The molecule has 0 radical (unpaired) electrons. The lowest BCUT2D eigenvalue weighted by Gasteiger charge is -2.16. The van der Waals surface area contributed by atoms with Crippen molar-refractivity contribution in [3.8, 4) is 0 Å². The van der Waals surface area contributed by atoms with E-state index < -0.39 is 0 Å². The van der Waals surface area contributed by atoms with E-state index in [4.69, 9.17) is 5.73 Å². The summed E-state index contributed by atoms with van der Waals surface area (Å²) in [7, 11) is 0. The van der Waals surface area contributed by atoms with E-state index in [1.807, 2.05) is 11.3 Å². The summed E-state index contributed by atoms with van der Waals surface area (Å²) >= 11 is 1.82. The smallest absolute Gasteiger partial charge is 0.0299 e. The van der Waals surface area contributed by atoms with Gasteiger partial charge >= 0.3 is 0 Å². The zero-order valence-electron chi connectivity index (χ0n) is 6.99. The molecule has 1 atom stereocenters. The van der Waals surface area contributed by atoms with Gasteiger partial charge in [0, 0.05) is 10.9 Å². The van der Waals surface area contributed by atoms with E-state index in [1.54, 1.807) is 0 Å². The zero-order chi connectivity index (χ0) is 8.39. The molecule has 12 heavy (non-hydrogen) atoms. The summed E-state index contributed by atoms with van der Waals surface area (Å²) in [6.45, 7) is 0. The first-order valence-electron chi connectivity index (χ1n) is 4.35. The SMILES string of the molecule is NC1CC=C(c2cccs2)CC1. The van der Waals surface area contributed by atoms with Gasteiger partial charge in [-0.3, -0.25) is 0 Å². The van der Waals surface area contributed by atoms with Gasteiger partial charge in [0.2, 0.25) is 0 Å². The lowest BCUT2D eigenvalue weighted by molar-refractivity contribution is 0.615. The Morgan fingerprint density at radius 1 is 1.50 bits per heavy atom. The minimum absolute atomic E-state index is 0.397. The van der Waals surface area contributed by atoms with Gasteiger partial charge in [-0.15, -0.1) is 11.3 Å². The molecule has 2 rings (SSSR count). The van der Waals surface area contributed by atoms with E-state index in [0.29, 0.717) is 6.04 Å². The summed E-state index contributed by atoms with van der Waals surface area (Å²) in [6.07, 6.45) is 5.64. The Morgan fingerprint density at radius 3 is 3.00 bits per heavy atom. The predicted octanol–water partition coefficient (Wildman–Crippen LogP) is 2.64. The summed E-state index contributed by atoms with van der Waals surface area (Å²) < 4.78 is 0. The van der Waals surface area contributed by atoms with Gasteiger partial charge in [0.25, 0.3) is 0 Å². The maximum atomic E-state index is 5.81. The quantitative estimate of drug-likeness (QED) is 0.704. The van der Waals surface area contributed by atoms with Crippen molar-refractivity contribution in [1.29, 1.82) is 0 Å². The fourth-order valence-corrected chi connectivity index (χ4v) is 2.34.